The molecule has 0 aromatic carbocycles. The maximum absolute atomic E-state index is 8.14. The summed E-state index contributed by atoms with van der Waals surface area (Å²) in [5.41, 5.74) is 0. The molecule has 0 bridgehead atoms. The van der Waals surface area contributed by atoms with E-state index in [2.05, 4.69) is 12.6 Å². The molecule has 0 heterocycles. The lowest BCUT2D eigenvalue weighted by Crippen LogP contribution is -2.00. The molecule has 0 saturated carbocycles. The average molecular weight is 139 g/mol. The Labute approximate surface area is 55.0 Å². The summed E-state index contributed by atoms with van der Waals surface area (Å²) in [6, 6.07) is 0. The lowest BCUT2D eigenvalue weighted by Gasteiger charge is -1.94. The monoisotopic (exact) mass is 139 g/mol. The Balaban J connectivity index is 0. The van der Waals surface area contributed by atoms with Crippen LogP contribution in [0.3, 0.4) is 0 Å². The van der Waals surface area contributed by atoms with E-state index in [-0.39, 0.29) is 12.8 Å². The number of aliphatic hydroxyl groups is 1. The van der Waals surface area contributed by atoms with Gasteiger partial charge in [-0.3, -0.25) is 0 Å². The van der Waals surface area contributed by atoms with E-state index in [9.17, 15) is 0 Å². The SMILES string of the molecule is N.OCCOCCS. The predicted octanol–water partition coefficient (Wildman–Crippen LogP) is 0.0871. The molecule has 0 aliphatic carbocycles. The van der Waals surface area contributed by atoms with Crippen molar-refractivity contribution < 1.29 is 9.84 Å². The molecule has 0 amide bonds. The van der Waals surface area contributed by atoms with Gasteiger partial charge in [0.05, 0.1) is 19.8 Å². The Morgan fingerprint density at radius 3 is 2.38 bits per heavy atom. The first-order valence-corrected chi connectivity index (χ1v) is 2.84. The quantitative estimate of drug-likeness (QED) is 0.382. The van der Waals surface area contributed by atoms with E-state index in [1.165, 1.54) is 0 Å². The van der Waals surface area contributed by atoms with Crippen LogP contribution in [0.5, 0.6) is 0 Å². The van der Waals surface area contributed by atoms with Gasteiger partial charge in [0, 0.05) is 5.75 Å². The summed E-state index contributed by atoms with van der Waals surface area (Å²) < 4.78 is 4.81. The molecule has 0 aromatic heterocycles. The molecule has 0 unspecified atom stereocenters. The standard InChI is InChI=1S/C4H10O2S.H3N/c5-1-2-6-3-4-7;/h5,7H,1-4H2;1H3. The minimum absolute atomic E-state index is 0. The maximum Gasteiger partial charge on any atom is 0.0698 e. The van der Waals surface area contributed by atoms with Crippen molar-refractivity contribution in [3.8, 4) is 0 Å². The van der Waals surface area contributed by atoms with Crippen molar-refractivity contribution in [2.24, 2.45) is 0 Å². The fraction of sp³-hybridized carbons (Fsp3) is 1.00. The first kappa shape index (κ1) is 11.1. The van der Waals surface area contributed by atoms with E-state index < -0.39 is 0 Å². The summed E-state index contributed by atoms with van der Waals surface area (Å²) in [4.78, 5) is 0. The van der Waals surface area contributed by atoms with Crippen LogP contribution in [-0.2, 0) is 4.74 Å². The highest BCUT2D eigenvalue weighted by atomic mass is 32.1. The van der Waals surface area contributed by atoms with Crippen molar-refractivity contribution in [1.82, 2.24) is 6.15 Å². The van der Waals surface area contributed by atoms with Crippen LogP contribution in [0.1, 0.15) is 0 Å². The molecule has 0 atom stereocenters. The van der Waals surface area contributed by atoms with Crippen LogP contribution in [0.15, 0.2) is 0 Å². The van der Waals surface area contributed by atoms with E-state index in [0.717, 1.165) is 5.75 Å². The Hall–Kier alpha value is 0.230. The predicted molar refractivity (Wildman–Crippen MR) is 36.8 cm³/mol. The van der Waals surface area contributed by atoms with Crippen LogP contribution < -0.4 is 6.15 Å². The van der Waals surface area contributed by atoms with Crippen molar-refractivity contribution in [2.75, 3.05) is 25.6 Å². The topological polar surface area (TPSA) is 64.5 Å². The zero-order chi connectivity index (χ0) is 5.54. The highest BCUT2D eigenvalue weighted by Gasteiger charge is 1.79. The summed E-state index contributed by atoms with van der Waals surface area (Å²) in [6.07, 6.45) is 0. The van der Waals surface area contributed by atoms with Gasteiger partial charge >= 0.3 is 0 Å². The second kappa shape index (κ2) is 10.3. The molecule has 4 N–H and O–H groups in total. The van der Waals surface area contributed by atoms with Gasteiger partial charge in [-0.2, -0.15) is 12.6 Å². The van der Waals surface area contributed by atoms with Gasteiger partial charge in [-0.25, -0.2) is 0 Å². The summed E-state index contributed by atoms with van der Waals surface area (Å²) in [5, 5.41) is 8.14. The van der Waals surface area contributed by atoms with Crippen LogP contribution in [0.2, 0.25) is 0 Å². The van der Waals surface area contributed by atoms with E-state index >= 15 is 0 Å². The lowest BCUT2D eigenvalue weighted by atomic mass is 10.7. The van der Waals surface area contributed by atoms with Crippen LogP contribution >= 0.6 is 12.6 Å². The second-order valence-corrected chi connectivity index (χ2v) is 1.51. The van der Waals surface area contributed by atoms with Crippen LogP contribution in [0, 0.1) is 0 Å². The minimum Gasteiger partial charge on any atom is -0.394 e. The van der Waals surface area contributed by atoms with E-state index in [0.29, 0.717) is 13.2 Å². The second-order valence-electron chi connectivity index (χ2n) is 1.06. The molecule has 0 radical (unpaired) electrons. The molecule has 8 heavy (non-hydrogen) atoms. The normalized spacial score (nSPS) is 8.25. The third kappa shape index (κ3) is 9.52. The molecule has 0 spiro atoms. The lowest BCUT2D eigenvalue weighted by molar-refractivity contribution is 0.103. The van der Waals surface area contributed by atoms with Crippen molar-refractivity contribution in [3.63, 3.8) is 0 Å². The number of thiol groups is 1. The fourth-order valence-corrected chi connectivity index (χ4v) is 0.360. The average Bonchev–Trinajstić information content (AvgIpc) is 1.69. The molecule has 4 heteroatoms. The Morgan fingerprint density at radius 1 is 1.38 bits per heavy atom. The van der Waals surface area contributed by atoms with E-state index in [4.69, 9.17) is 9.84 Å². The first-order valence-electron chi connectivity index (χ1n) is 2.21. The van der Waals surface area contributed by atoms with Crippen LogP contribution in [-0.4, -0.2) is 30.7 Å². The van der Waals surface area contributed by atoms with E-state index in [1.807, 2.05) is 0 Å². The summed E-state index contributed by atoms with van der Waals surface area (Å²) in [7, 11) is 0. The number of ether oxygens (including phenoxy) is 1. The van der Waals surface area contributed by atoms with Gasteiger partial charge in [-0.15, -0.1) is 0 Å². The van der Waals surface area contributed by atoms with Crippen molar-refractivity contribution in [1.29, 1.82) is 0 Å². The van der Waals surface area contributed by atoms with Crippen LogP contribution in [0.4, 0.5) is 0 Å². The number of hydrogen-bond donors (Lipinski definition) is 3. The number of aliphatic hydroxyl groups excluding tert-OH is 1. The summed E-state index contributed by atoms with van der Waals surface area (Å²) >= 11 is 3.89. The zero-order valence-corrected chi connectivity index (χ0v) is 5.73. The smallest absolute Gasteiger partial charge is 0.0698 e. The molecule has 52 valence electrons. The third-order valence-corrected chi connectivity index (χ3v) is 0.654. The van der Waals surface area contributed by atoms with E-state index in [1.54, 1.807) is 0 Å². The Kier molecular flexibility index (Phi) is 14.2. The molecule has 0 rings (SSSR count). The molecule has 3 nitrogen and oxygen atoms in total. The van der Waals surface area contributed by atoms with Crippen molar-refractivity contribution >= 4 is 12.6 Å². The highest BCUT2D eigenvalue weighted by molar-refractivity contribution is 7.80. The maximum atomic E-state index is 8.14. The highest BCUT2D eigenvalue weighted by Crippen LogP contribution is 1.75. The van der Waals surface area contributed by atoms with Gasteiger partial charge in [0.25, 0.3) is 0 Å². The molecular weight excluding hydrogens is 126 g/mol. The third-order valence-electron chi connectivity index (χ3n) is 0.471. The van der Waals surface area contributed by atoms with Crippen LogP contribution in [0.25, 0.3) is 0 Å². The Bertz CT molecular complexity index is 33.2. The van der Waals surface area contributed by atoms with Gasteiger partial charge in [0.2, 0.25) is 0 Å². The number of rotatable bonds is 4. The van der Waals surface area contributed by atoms with Gasteiger partial charge < -0.3 is 16.0 Å². The molecule has 0 aliphatic heterocycles. The van der Waals surface area contributed by atoms with Gasteiger partial charge in [-0.1, -0.05) is 0 Å². The largest absolute Gasteiger partial charge is 0.394 e. The van der Waals surface area contributed by atoms with Gasteiger partial charge in [-0.05, 0) is 0 Å². The van der Waals surface area contributed by atoms with Gasteiger partial charge in [0.15, 0.2) is 0 Å². The summed E-state index contributed by atoms with van der Waals surface area (Å²) in [6.45, 7) is 1.16. The number of hydrogen-bond acceptors (Lipinski definition) is 4. The van der Waals surface area contributed by atoms with Crippen molar-refractivity contribution in [2.45, 2.75) is 0 Å². The molecule has 0 aliphatic rings. The Morgan fingerprint density at radius 2 is 2.00 bits per heavy atom. The molecule has 0 fully saturated rings. The molecule has 0 saturated heterocycles. The first-order chi connectivity index (χ1) is 3.41. The molecular formula is C4H13NO2S. The van der Waals surface area contributed by atoms with Crippen molar-refractivity contribution in [3.05, 3.63) is 0 Å². The fourth-order valence-electron chi connectivity index (χ4n) is 0.231. The van der Waals surface area contributed by atoms with Gasteiger partial charge in [0.1, 0.15) is 0 Å². The zero-order valence-electron chi connectivity index (χ0n) is 4.84. The summed E-state index contributed by atoms with van der Waals surface area (Å²) in [5.74, 6) is 0.722. The minimum atomic E-state index is 0. The molecule has 0 aromatic rings.